The zero-order chi connectivity index (χ0) is 15.7. The van der Waals surface area contributed by atoms with Gasteiger partial charge in [0.25, 0.3) is 0 Å². The molecule has 1 aliphatic heterocycles. The lowest BCUT2D eigenvalue weighted by Crippen LogP contribution is -2.38. The van der Waals surface area contributed by atoms with Gasteiger partial charge in [-0.3, -0.25) is 0 Å². The summed E-state index contributed by atoms with van der Waals surface area (Å²) in [4.78, 5) is 7.24. The molecular weight excluding hydrogens is 294 g/mol. The molecule has 2 aromatic heterocycles. The number of thiazole rings is 1. The number of piperidine rings is 1. The van der Waals surface area contributed by atoms with Gasteiger partial charge >= 0.3 is 0 Å². The highest BCUT2D eigenvalue weighted by molar-refractivity contribution is 7.22. The van der Waals surface area contributed by atoms with E-state index >= 15 is 0 Å². The van der Waals surface area contributed by atoms with E-state index < -0.39 is 0 Å². The summed E-state index contributed by atoms with van der Waals surface area (Å²) in [5.74, 6) is 0.861. The molecule has 0 bridgehead atoms. The van der Waals surface area contributed by atoms with E-state index in [0.717, 1.165) is 28.9 Å². The zero-order valence-corrected chi connectivity index (χ0v) is 14.9. The first kappa shape index (κ1) is 15.7. The lowest BCUT2D eigenvalue weighted by atomic mass is 9.93. The maximum absolute atomic E-state index is 4.65. The molecule has 0 saturated carbocycles. The summed E-state index contributed by atoms with van der Waals surface area (Å²) in [5.41, 5.74) is 2.07. The summed E-state index contributed by atoms with van der Waals surface area (Å²) < 4.78 is 3.07. The predicted molar refractivity (Wildman–Crippen MR) is 93.7 cm³/mol. The molecule has 3 rings (SSSR count). The van der Waals surface area contributed by atoms with E-state index in [1.54, 1.807) is 11.3 Å². The second kappa shape index (κ2) is 6.54. The number of anilines is 1. The number of fused-ring (bicyclic) bond motifs is 1. The molecule has 1 aliphatic rings. The first-order valence-corrected chi connectivity index (χ1v) is 9.14. The van der Waals surface area contributed by atoms with E-state index in [4.69, 9.17) is 0 Å². The van der Waals surface area contributed by atoms with Crippen LogP contribution in [0.15, 0.2) is 0 Å². The fraction of sp³-hybridized carbons (Fsp3) is 0.750. The molecule has 22 heavy (non-hydrogen) atoms. The molecule has 2 aromatic rings. The van der Waals surface area contributed by atoms with Gasteiger partial charge in [-0.05, 0) is 59.0 Å². The molecule has 122 valence electrons. The minimum atomic E-state index is 0.693. The molecule has 0 amide bonds. The van der Waals surface area contributed by atoms with Crippen LogP contribution in [0, 0.1) is 12.8 Å². The van der Waals surface area contributed by atoms with E-state index in [1.165, 1.54) is 37.1 Å². The topological polar surface area (TPSA) is 46.0 Å². The Morgan fingerprint density at radius 3 is 2.68 bits per heavy atom. The maximum Gasteiger partial charge on any atom is 0.185 e. The Morgan fingerprint density at radius 1 is 1.32 bits per heavy atom. The lowest BCUT2D eigenvalue weighted by Gasteiger charge is -2.34. The van der Waals surface area contributed by atoms with Gasteiger partial charge in [-0.25, -0.2) is 9.67 Å². The molecule has 0 aliphatic carbocycles. The molecule has 0 radical (unpaired) electrons. The summed E-state index contributed by atoms with van der Waals surface area (Å²) in [6.45, 7) is 10.2. The van der Waals surface area contributed by atoms with Crippen molar-refractivity contribution >= 4 is 26.8 Å². The fourth-order valence-corrected chi connectivity index (χ4v) is 4.26. The quantitative estimate of drug-likeness (QED) is 0.918. The minimum Gasteiger partial charge on any atom is -0.361 e. The zero-order valence-electron chi connectivity index (χ0n) is 14.1. The lowest BCUT2D eigenvalue weighted by molar-refractivity contribution is 0.147. The monoisotopic (exact) mass is 321 g/mol. The van der Waals surface area contributed by atoms with Crippen LogP contribution in [0.5, 0.6) is 0 Å². The van der Waals surface area contributed by atoms with Crippen molar-refractivity contribution in [1.82, 2.24) is 19.7 Å². The van der Waals surface area contributed by atoms with Gasteiger partial charge < -0.3 is 10.2 Å². The van der Waals surface area contributed by atoms with Gasteiger partial charge in [0.15, 0.2) is 10.8 Å². The van der Waals surface area contributed by atoms with Crippen LogP contribution >= 0.6 is 11.3 Å². The third kappa shape index (κ3) is 3.27. The van der Waals surface area contributed by atoms with Gasteiger partial charge in [-0.15, -0.1) is 0 Å². The number of hydrogen-bond donors (Lipinski definition) is 1. The van der Waals surface area contributed by atoms with Crippen LogP contribution < -0.4 is 5.32 Å². The summed E-state index contributed by atoms with van der Waals surface area (Å²) in [7, 11) is 1.96. The standard InChI is InChI=1S/C16H27N5S/c1-11(2)21-9-6-13(7-10-21)5-8-17-16-18-15-14(22-16)12(3)19-20(15)4/h11,13H,5-10H2,1-4H3,(H,17,18). The summed E-state index contributed by atoms with van der Waals surface area (Å²) in [5, 5.41) is 8.94. The Hall–Kier alpha value is -1.14. The SMILES string of the molecule is Cc1nn(C)c2nc(NCCC3CCN(C(C)C)CC3)sc12. The smallest absolute Gasteiger partial charge is 0.185 e. The van der Waals surface area contributed by atoms with Gasteiger partial charge in [-0.1, -0.05) is 11.3 Å². The number of hydrogen-bond acceptors (Lipinski definition) is 5. The Balaban J connectivity index is 1.47. The number of aromatic nitrogens is 3. The van der Waals surface area contributed by atoms with E-state index in [1.807, 2.05) is 18.7 Å². The van der Waals surface area contributed by atoms with E-state index in [9.17, 15) is 0 Å². The molecule has 6 heteroatoms. The van der Waals surface area contributed by atoms with E-state index in [-0.39, 0.29) is 0 Å². The molecule has 0 unspecified atom stereocenters. The third-order valence-corrected chi connectivity index (χ3v) is 5.86. The number of rotatable bonds is 5. The highest BCUT2D eigenvalue weighted by atomic mass is 32.1. The van der Waals surface area contributed by atoms with Crippen LogP contribution in [-0.2, 0) is 7.05 Å². The number of likely N-dealkylation sites (tertiary alicyclic amines) is 1. The molecule has 1 N–H and O–H groups in total. The van der Waals surface area contributed by atoms with E-state index in [2.05, 4.69) is 34.1 Å². The second-order valence-corrected chi connectivity index (χ2v) is 7.67. The number of nitrogens with zero attached hydrogens (tertiary/aromatic N) is 4. The molecule has 0 aromatic carbocycles. The van der Waals surface area contributed by atoms with Gasteiger partial charge in [0, 0.05) is 19.6 Å². The van der Waals surface area contributed by atoms with Crippen molar-refractivity contribution in [3.63, 3.8) is 0 Å². The third-order valence-electron chi connectivity index (χ3n) is 4.75. The largest absolute Gasteiger partial charge is 0.361 e. The van der Waals surface area contributed by atoms with E-state index in [0.29, 0.717) is 6.04 Å². The first-order chi connectivity index (χ1) is 10.5. The maximum atomic E-state index is 4.65. The van der Waals surface area contributed by atoms with Crippen LogP contribution in [0.3, 0.4) is 0 Å². The Labute approximate surface area is 136 Å². The summed E-state index contributed by atoms with van der Waals surface area (Å²) >= 11 is 1.72. The highest BCUT2D eigenvalue weighted by Gasteiger charge is 2.20. The predicted octanol–water partition coefficient (Wildman–Crippen LogP) is 3.26. The average molecular weight is 321 g/mol. The summed E-state index contributed by atoms with van der Waals surface area (Å²) in [6, 6.07) is 0.693. The van der Waals surface area contributed by atoms with Gasteiger partial charge in [-0.2, -0.15) is 5.10 Å². The van der Waals surface area contributed by atoms with Crippen molar-refractivity contribution < 1.29 is 0 Å². The number of nitrogens with one attached hydrogen (secondary N) is 1. The normalized spacial score (nSPS) is 17.7. The fourth-order valence-electron chi connectivity index (χ4n) is 3.30. The van der Waals surface area contributed by atoms with Crippen molar-refractivity contribution in [2.24, 2.45) is 13.0 Å². The van der Waals surface area contributed by atoms with Crippen LogP contribution in [0.1, 0.15) is 38.8 Å². The van der Waals surface area contributed by atoms with Gasteiger partial charge in [0.2, 0.25) is 0 Å². The van der Waals surface area contributed by atoms with Gasteiger partial charge in [0.1, 0.15) is 0 Å². The van der Waals surface area contributed by atoms with Gasteiger partial charge in [0.05, 0.1) is 10.4 Å². The highest BCUT2D eigenvalue weighted by Crippen LogP contribution is 2.28. The molecule has 0 spiro atoms. The Morgan fingerprint density at radius 2 is 2.05 bits per heavy atom. The van der Waals surface area contributed by atoms with Crippen molar-refractivity contribution in [3.8, 4) is 0 Å². The van der Waals surface area contributed by atoms with Crippen LogP contribution in [-0.4, -0.2) is 45.3 Å². The second-order valence-electron chi connectivity index (χ2n) is 6.67. The summed E-state index contributed by atoms with van der Waals surface area (Å²) in [6.07, 6.45) is 3.92. The minimum absolute atomic E-state index is 0.693. The van der Waals surface area contributed by atoms with Crippen LogP contribution in [0.4, 0.5) is 5.13 Å². The molecular formula is C16H27N5S. The van der Waals surface area contributed by atoms with Crippen LogP contribution in [0.2, 0.25) is 0 Å². The molecule has 3 heterocycles. The first-order valence-electron chi connectivity index (χ1n) is 8.32. The molecule has 1 saturated heterocycles. The molecule has 0 atom stereocenters. The van der Waals surface area contributed by atoms with Crippen molar-refractivity contribution in [2.45, 2.75) is 46.1 Å². The van der Waals surface area contributed by atoms with Crippen molar-refractivity contribution in [2.75, 3.05) is 25.0 Å². The molecule has 5 nitrogen and oxygen atoms in total. The molecule has 1 fully saturated rings. The Kier molecular flexibility index (Phi) is 4.68. The van der Waals surface area contributed by atoms with Crippen LogP contribution in [0.25, 0.3) is 10.3 Å². The number of aryl methyl sites for hydroxylation is 2. The average Bonchev–Trinajstić information content (AvgIpc) is 3.02. The Bertz CT molecular complexity index is 587. The van der Waals surface area contributed by atoms with Crippen molar-refractivity contribution in [3.05, 3.63) is 5.69 Å². The van der Waals surface area contributed by atoms with Crippen molar-refractivity contribution in [1.29, 1.82) is 0 Å².